The minimum atomic E-state index is -0.882. The lowest BCUT2D eigenvalue weighted by Crippen LogP contribution is -2.43. The Bertz CT molecular complexity index is 1100. The van der Waals surface area contributed by atoms with Crippen molar-refractivity contribution >= 4 is 23.4 Å². The summed E-state index contributed by atoms with van der Waals surface area (Å²) in [4.78, 5) is 25.8. The van der Waals surface area contributed by atoms with Crippen molar-refractivity contribution in [3.05, 3.63) is 77.7 Å². The van der Waals surface area contributed by atoms with Gasteiger partial charge in [-0.15, -0.1) is 10.2 Å². The summed E-state index contributed by atoms with van der Waals surface area (Å²) in [7, 11) is 0. The molecule has 0 saturated heterocycles. The number of carbonyl (C=O) groups is 2. The second-order valence-corrected chi connectivity index (χ2v) is 6.67. The Hall–Kier alpha value is -3.79. The highest BCUT2D eigenvalue weighted by atomic mass is 32.1. The maximum Gasteiger partial charge on any atom is 0.273 e. The van der Waals surface area contributed by atoms with Crippen LogP contribution in [0, 0.1) is 0 Å². The molecule has 0 spiro atoms. The lowest BCUT2D eigenvalue weighted by Gasteiger charge is -2.16. The van der Waals surface area contributed by atoms with Gasteiger partial charge in [0, 0.05) is 12.0 Å². The van der Waals surface area contributed by atoms with Crippen LogP contribution in [0.3, 0.4) is 0 Å². The predicted molar refractivity (Wildman–Crippen MR) is 105 cm³/mol. The zero-order valence-electron chi connectivity index (χ0n) is 15.0. The van der Waals surface area contributed by atoms with E-state index in [0.717, 1.165) is 22.9 Å². The third-order valence-corrected chi connectivity index (χ3v) is 4.75. The Morgan fingerprint density at radius 1 is 1.00 bits per heavy atom. The molecule has 0 aliphatic carbocycles. The molecular weight excluding hydrogens is 390 g/mol. The molecule has 4 aromatic rings. The van der Waals surface area contributed by atoms with Gasteiger partial charge in [0.05, 0.1) is 11.7 Å². The number of nitrogens with one attached hydrogen (secondary N) is 2. The fourth-order valence-corrected chi connectivity index (χ4v) is 3.40. The summed E-state index contributed by atoms with van der Waals surface area (Å²) >= 11 is 0.941. The Morgan fingerprint density at radius 3 is 2.41 bits per heavy atom. The van der Waals surface area contributed by atoms with E-state index in [4.69, 9.17) is 0 Å². The van der Waals surface area contributed by atoms with Crippen LogP contribution in [-0.2, 0) is 6.42 Å². The van der Waals surface area contributed by atoms with Crippen molar-refractivity contribution in [2.45, 2.75) is 12.5 Å². The number of carbonyl (C=O) groups excluding carboxylic acids is 2. The minimum absolute atomic E-state index is 0.0917. The first-order valence-corrected chi connectivity index (χ1v) is 9.46. The van der Waals surface area contributed by atoms with Crippen LogP contribution in [0.4, 0.5) is 0 Å². The van der Waals surface area contributed by atoms with E-state index < -0.39 is 17.7 Å². The number of rotatable bonds is 7. The highest BCUT2D eigenvalue weighted by molar-refractivity contribution is 6.99. The molecule has 2 N–H and O–H groups in total. The van der Waals surface area contributed by atoms with Gasteiger partial charge >= 0.3 is 0 Å². The largest absolute Gasteiger partial charge is 0.340 e. The Labute approximate surface area is 169 Å². The van der Waals surface area contributed by atoms with E-state index in [1.807, 2.05) is 60.7 Å². The molecule has 0 radical (unpaired) electrons. The standard InChI is InChI=1S/C19H15N7O2S/c27-17(18-21-25-26-22-18)14(11-12-7-3-1-4-8-12)20-19(28)16-15(23-29-24-16)13-9-5-2-6-10-13/h1-10,14H,11H2,(H,20,28)(H,21,22,25,26). The fraction of sp³-hybridized carbons (Fsp3) is 0.105. The van der Waals surface area contributed by atoms with Gasteiger partial charge in [0.25, 0.3) is 5.91 Å². The number of hydrogen-bond acceptors (Lipinski definition) is 8. The molecule has 10 heteroatoms. The van der Waals surface area contributed by atoms with Gasteiger partial charge in [-0.1, -0.05) is 60.7 Å². The van der Waals surface area contributed by atoms with Crippen LogP contribution in [0.1, 0.15) is 26.7 Å². The Morgan fingerprint density at radius 2 is 1.72 bits per heavy atom. The van der Waals surface area contributed by atoms with Crippen LogP contribution < -0.4 is 5.32 Å². The topological polar surface area (TPSA) is 126 Å². The van der Waals surface area contributed by atoms with Gasteiger partial charge < -0.3 is 5.32 Å². The molecule has 0 saturated carbocycles. The first kappa shape index (κ1) is 18.6. The summed E-state index contributed by atoms with van der Waals surface area (Å²) in [6, 6.07) is 17.8. The van der Waals surface area contributed by atoms with E-state index in [9.17, 15) is 9.59 Å². The van der Waals surface area contributed by atoms with Crippen molar-refractivity contribution in [2.75, 3.05) is 0 Å². The maximum atomic E-state index is 13.0. The van der Waals surface area contributed by atoms with Gasteiger partial charge in [-0.3, -0.25) is 9.59 Å². The van der Waals surface area contributed by atoms with Crippen LogP contribution in [-0.4, -0.2) is 47.1 Å². The van der Waals surface area contributed by atoms with Gasteiger partial charge in [-0.25, -0.2) is 0 Å². The van der Waals surface area contributed by atoms with Gasteiger partial charge in [0.15, 0.2) is 5.69 Å². The summed E-state index contributed by atoms with van der Waals surface area (Å²) in [5.41, 5.74) is 2.29. The van der Waals surface area contributed by atoms with Crippen molar-refractivity contribution in [2.24, 2.45) is 0 Å². The maximum absolute atomic E-state index is 13.0. The van der Waals surface area contributed by atoms with Crippen molar-refractivity contribution in [1.29, 1.82) is 0 Å². The molecule has 29 heavy (non-hydrogen) atoms. The molecule has 4 rings (SSSR count). The van der Waals surface area contributed by atoms with E-state index in [1.165, 1.54) is 0 Å². The number of aromatic nitrogens is 6. The molecule has 1 atom stereocenters. The molecule has 2 aromatic carbocycles. The molecule has 0 aliphatic heterocycles. The zero-order valence-corrected chi connectivity index (χ0v) is 15.8. The quantitative estimate of drug-likeness (QED) is 0.450. The van der Waals surface area contributed by atoms with Gasteiger partial charge in [-0.2, -0.15) is 14.0 Å². The lowest BCUT2D eigenvalue weighted by atomic mass is 10.0. The molecule has 144 valence electrons. The van der Waals surface area contributed by atoms with Gasteiger partial charge in [0.2, 0.25) is 11.6 Å². The van der Waals surface area contributed by atoms with Gasteiger partial charge in [0.1, 0.15) is 11.7 Å². The van der Waals surface area contributed by atoms with Crippen molar-refractivity contribution in [3.8, 4) is 11.3 Å². The van der Waals surface area contributed by atoms with Gasteiger partial charge in [-0.05, 0) is 10.8 Å². The monoisotopic (exact) mass is 405 g/mol. The molecule has 2 aromatic heterocycles. The van der Waals surface area contributed by atoms with Crippen LogP contribution in [0.2, 0.25) is 0 Å². The zero-order chi connectivity index (χ0) is 20.1. The summed E-state index contributed by atoms with van der Waals surface area (Å²) in [5.74, 6) is -1.03. The summed E-state index contributed by atoms with van der Waals surface area (Å²) in [5, 5.41) is 15.9. The number of amides is 1. The third kappa shape index (κ3) is 4.22. The number of benzene rings is 2. The number of nitrogens with zero attached hydrogens (tertiary/aromatic N) is 5. The number of ketones is 1. The number of Topliss-reactive ketones (excluding diaryl/α,β-unsaturated/α-hetero) is 1. The summed E-state index contributed by atoms with van der Waals surface area (Å²) < 4.78 is 8.37. The molecule has 0 bridgehead atoms. The number of tetrazole rings is 1. The second kappa shape index (κ2) is 8.48. The van der Waals surface area contributed by atoms with Crippen molar-refractivity contribution in [1.82, 2.24) is 34.7 Å². The lowest BCUT2D eigenvalue weighted by molar-refractivity contribution is 0.0849. The normalized spacial score (nSPS) is 11.7. The molecule has 1 amide bonds. The van der Waals surface area contributed by atoms with Crippen molar-refractivity contribution in [3.63, 3.8) is 0 Å². The van der Waals surface area contributed by atoms with Crippen LogP contribution in [0.15, 0.2) is 60.7 Å². The van der Waals surface area contributed by atoms with Crippen LogP contribution >= 0.6 is 11.7 Å². The molecule has 0 aliphatic rings. The summed E-state index contributed by atoms with van der Waals surface area (Å²) in [6.07, 6.45) is 0.276. The van der Waals surface area contributed by atoms with Crippen molar-refractivity contribution < 1.29 is 9.59 Å². The number of aromatic amines is 1. The summed E-state index contributed by atoms with van der Waals surface area (Å²) in [6.45, 7) is 0. The Balaban J connectivity index is 1.60. The Kier molecular flexibility index (Phi) is 5.43. The minimum Gasteiger partial charge on any atom is -0.340 e. The van der Waals surface area contributed by atoms with Crippen LogP contribution in [0.5, 0.6) is 0 Å². The van der Waals surface area contributed by atoms with E-state index in [2.05, 4.69) is 34.7 Å². The first-order chi connectivity index (χ1) is 14.2. The number of hydrogen-bond donors (Lipinski definition) is 2. The average Bonchev–Trinajstić information content (AvgIpc) is 3.46. The molecule has 0 fully saturated rings. The second-order valence-electron chi connectivity index (χ2n) is 6.14. The molecule has 2 heterocycles. The van der Waals surface area contributed by atoms with E-state index in [0.29, 0.717) is 5.69 Å². The predicted octanol–water partition coefficient (Wildman–Crippen LogP) is 1.94. The molecule has 1 unspecified atom stereocenters. The van der Waals surface area contributed by atoms with Crippen LogP contribution in [0.25, 0.3) is 11.3 Å². The fourth-order valence-electron chi connectivity index (χ4n) is 2.83. The average molecular weight is 405 g/mol. The van der Waals surface area contributed by atoms with E-state index >= 15 is 0 Å². The van der Waals surface area contributed by atoms with E-state index in [1.54, 1.807) is 0 Å². The highest BCUT2D eigenvalue weighted by Gasteiger charge is 2.28. The smallest absolute Gasteiger partial charge is 0.273 e. The molecular formula is C19H15N7O2S. The highest BCUT2D eigenvalue weighted by Crippen LogP contribution is 2.21. The third-order valence-electron chi connectivity index (χ3n) is 4.22. The number of H-pyrrole nitrogens is 1. The van der Waals surface area contributed by atoms with E-state index in [-0.39, 0.29) is 17.9 Å². The first-order valence-electron chi connectivity index (χ1n) is 8.73. The molecule has 9 nitrogen and oxygen atoms in total. The SMILES string of the molecule is O=C(NC(Cc1ccccc1)C(=O)c1nn[nH]n1)c1nsnc1-c1ccccc1.